The van der Waals surface area contributed by atoms with Gasteiger partial charge in [0.25, 0.3) is 0 Å². The zero-order chi connectivity index (χ0) is 12.5. The second-order valence-corrected chi connectivity index (χ2v) is 4.98. The van der Waals surface area contributed by atoms with Gasteiger partial charge in [-0.05, 0) is 37.0 Å². The lowest BCUT2D eigenvalue weighted by atomic mass is 9.78. The second kappa shape index (κ2) is 4.80. The Morgan fingerprint density at radius 1 is 1.41 bits per heavy atom. The van der Waals surface area contributed by atoms with Crippen LogP contribution in [-0.4, -0.2) is 16.5 Å². The third-order valence-corrected chi connectivity index (χ3v) is 3.23. The molecule has 1 fully saturated rings. The van der Waals surface area contributed by atoms with Gasteiger partial charge in [-0.15, -0.1) is 0 Å². The number of halogens is 2. The Kier molecular flexibility index (Phi) is 3.56. The fraction of sp³-hybridized carbons (Fsp3) is 0.455. The van der Waals surface area contributed by atoms with E-state index in [2.05, 4.69) is 4.98 Å². The van der Waals surface area contributed by atoms with Crippen LogP contribution >= 0.6 is 23.2 Å². The molecular formula is C11H12Cl2N2O2. The fourth-order valence-electron chi connectivity index (χ4n) is 1.65. The van der Waals surface area contributed by atoms with E-state index in [0.29, 0.717) is 18.4 Å². The average molecular weight is 275 g/mol. The first-order valence-electron chi connectivity index (χ1n) is 5.28. The highest BCUT2D eigenvalue weighted by Crippen LogP contribution is 2.30. The SMILES string of the molecule is NC1(C(=O)OCc2cc(Cl)nc(Cl)c2)CCC1. The van der Waals surface area contributed by atoms with Crippen LogP contribution in [0.3, 0.4) is 0 Å². The number of pyridine rings is 1. The van der Waals surface area contributed by atoms with Gasteiger partial charge in [0.15, 0.2) is 0 Å². The predicted molar refractivity (Wildman–Crippen MR) is 64.8 cm³/mol. The normalized spacial score (nSPS) is 17.4. The molecule has 0 radical (unpaired) electrons. The second-order valence-electron chi connectivity index (χ2n) is 4.21. The van der Waals surface area contributed by atoms with Crippen molar-refractivity contribution < 1.29 is 9.53 Å². The Bertz CT molecular complexity index is 427. The highest BCUT2D eigenvalue weighted by molar-refractivity contribution is 6.32. The lowest BCUT2D eigenvalue weighted by molar-refractivity contribution is -0.155. The maximum absolute atomic E-state index is 11.7. The van der Waals surface area contributed by atoms with E-state index in [9.17, 15) is 4.79 Å². The molecule has 4 nitrogen and oxygen atoms in total. The van der Waals surface area contributed by atoms with Crippen molar-refractivity contribution in [1.82, 2.24) is 4.98 Å². The zero-order valence-electron chi connectivity index (χ0n) is 9.08. The smallest absolute Gasteiger partial charge is 0.326 e. The standard InChI is InChI=1S/C11H12Cl2N2O2/c12-8-4-7(5-9(13)15-8)6-17-10(16)11(14)2-1-3-11/h4-5H,1-3,6,14H2. The van der Waals surface area contributed by atoms with E-state index in [-0.39, 0.29) is 22.9 Å². The monoisotopic (exact) mass is 274 g/mol. The molecule has 2 rings (SSSR count). The lowest BCUT2D eigenvalue weighted by Gasteiger charge is -2.35. The summed E-state index contributed by atoms with van der Waals surface area (Å²) in [4.78, 5) is 15.5. The number of rotatable bonds is 3. The number of ether oxygens (including phenoxy) is 1. The predicted octanol–water partition coefficient (Wildman–Crippen LogP) is 2.31. The largest absolute Gasteiger partial charge is 0.459 e. The lowest BCUT2D eigenvalue weighted by Crippen LogP contribution is -2.54. The quantitative estimate of drug-likeness (QED) is 0.679. The van der Waals surface area contributed by atoms with E-state index in [4.69, 9.17) is 33.7 Å². The van der Waals surface area contributed by atoms with Gasteiger partial charge in [0.05, 0.1) is 0 Å². The van der Waals surface area contributed by atoms with Gasteiger partial charge in [-0.1, -0.05) is 23.2 Å². The maximum Gasteiger partial charge on any atom is 0.326 e. The first kappa shape index (κ1) is 12.6. The van der Waals surface area contributed by atoms with Crippen molar-refractivity contribution in [3.8, 4) is 0 Å². The van der Waals surface area contributed by atoms with E-state index in [1.165, 1.54) is 0 Å². The Balaban J connectivity index is 1.95. The van der Waals surface area contributed by atoms with Crippen LogP contribution in [0.4, 0.5) is 0 Å². The number of carbonyl (C=O) groups excluding carboxylic acids is 1. The van der Waals surface area contributed by atoms with Crippen LogP contribution < -0.4 is 5.73 Å². The van der Waals surface area contributed by atoms with Crippen LogP contribution in [0.5, 0.6) is 0 Å². The van der Waals surface area contributed by atoms with E-state index in [0.717, 1.165) is 6.42 Å². The van der Waals surface area contributed by atoms with Crippen molar-refractivity contribution in [2.45, 2.75) is 31.4 Å². The summed E-state index contributed by atoms with van der Waals surface area (Å²) in [5, 5.41) is 0.546. The first-order valence-corrected chi connectivity index (χ1v) is 6.03. The summed E-state index contributed by atoms with van der Waals surface area (Å²) >= 11 is 11.5. The summed E-state index contributed by atoms with van der Waals surface area (Å²) in [5.41, 5.74) is 5.74. The summed E-state index contributed by atoms with van der Waals surface area (Å²) in [7, 11) is 0. The average Bonchev–Trinajstić information content (AvgIpc) is 2.21. The molecule has 17 heavy (non-hydrogen) atoms. The van der Waals surface area contributed by atoms with E-state index in [1.54, 1.807) is 12.1 Å². The van der Waals surface area contributed by atoms with Gasteiger partial charge in [-0.3, -0.25) is 4.79 Å². The van der Waals surface area contributed by atoms with Crippen molar-refractivity contribution in [3.63, 3.8) is 0 Å². The molecule has 6 heteroatoms. The van der Waals surface area contributed by atoms with Crippen LogP contribution in [0.1, 0.15) is 24.8 Å². The van der Waals surface area contributed by atoms with Crippen molar-refractivity contribution in [3.05, 3.63) is 28.0 Å². The minimum Gasteiger partial charge on any atom is -0.459 e. The Hall–Kier alpha value is -0.840. The molecule has 1 heterocycles. The van der Waals surface area contributed by atoms with Gasteiger partial charge in [0.2, 0.25) is 0 Å². The van der Waals surface area contributed by atoms with Crippen LogP contribution in [0, 0.1) is 0 Å². The van der Waals surface area contributed by atoms with Gasteiger partial charge in [0, 0.05) is 0 Å². The molecule has 0 bridgehead atoms. The Morgan fingerprint density at radius 2 is 2.00 bits per heavy atom. The van der Waals surface area contributed by atoms with E-state index >= 15 is 0 Å². The maximum atomic E-state index is 11.7. The van der Waals surface area contributed by atoms with Gasteiger partial charge in [0.1, 0.15) is 22.5 Å². The molecule has 0 saturated heterocycles. The molecule has 2 N–H and O–H groups in total. The van der Waals surface area contributed by atoms with Gasteiger partial charge in [-0.25, -0.2) is 4.98 Å². The number of nitrogens with two attached hydrogens (primary N) is 1. The Labute approximate surface area is 109 Å². The number of hydrogen-bond donors (Lipinski definition) is 1. The number of hydrogen-bond acceptors (Lipinski definition) is 4. The summed E-state index contributed by atoms with van der Waals surface area (Å²) in [6.07, 6.45) is 2.34. The molecule has 0 atom stereocenters. The number of nitrogens with zero attached hydrogens (tertiary/aromatic N) is 1. The van der Waals surface area contributed by atoms with Crippen molar-refractivity contribution in [2.24, 2.45) is 5.73 Å². The van der Waals surface area contributed by atoms with E-state index in [1.807, 2.05) is 0 Å². The minimum absolute atomic E-state index is 0.111. The molecule has 0 spiro atoms. The van der Waals surface area contributed by atoms with Gasteiger partial charge < -0.3 is 10.5 Å². The van der Waals surface area contributed by atoms with Crippen molar-refractivity contribution in [2.75, 3.05) is 0 Å². The number of esters is 1. The highest BCUT2D eigenvalue weighted by Gasteiger charge is 2.41. The molecule has 1 aliphatic carbocycles. The molecule has 0 aliphatic heterocycles. The third-order valence-electron chi connectivity index (χ3n) is 2.84. The van der Waals surface area contributed by atoms with Crippen LogP contribution in [0.25, 0.3) is 0 Å². The topological polar surface area (TPSA) is 65.2 Å². The van der Waals surface area contributed by atoms with Crippen LogP contribution in [-0.2, 0) is 16.1 Å². The molecule has 1 aromatic rings. The summed E-state index contributed by atoms with van der Waals surface area (Å²) in [5.74, 6) is -0.368. The summed E-state index contributed by atoms with van der Waals surface area (Å²) in [6.45, 7) is 0.111. The first-order chi connectivity index (χ1) is 7.99. The molecule has 0 aromatic carbocycles. The van der Waals surface area contributed by atoms with Gasteiger partial charge in [-0.2, -0.15) is 0 Å². The minimum atomic E-state index is -0.791. The molecule has 1 saturated carbocycles. The van der Waals surface area contributed by atoms with Crippen molar-refractivity contribution in [1.29, 1.82) is 0 Å². The summed E-state index contributed by atoms with van der Waals surface area (Å²) in [6, 6.07) is 3.20. The highest BCUT2D eigenvalue weighted by atomic mass is 35.5. The number of aromatic nitrogens is 1. The molecular weight excluding hydrogens is 263 g/mol. The number of carbonyl (C=O) groups is 1. The molecule has 92 valence electrons. The fourth-order valence-corrected chi connectivity index (χ4v) is 2.16. The van der Waals surface area contributed by atoms with E-state index < -0.39 is 5.54 Å². The van der Waals surface area contributed by atoms with Crippen molar-refractivity contribution >= 4 is 29.2 Å². The van der Waals surface area contributed by atoms with Crippen LogP contribution in [0.15, 0.2) is 12.1 Å². The summed E-state index contributed by atoms with van der Waals surface area (Å²) < 4.78 is 5.14. The molecule has 0 unspecified atom stereocenters. The van der Waals surface area contributed by atoms with Crippen LogP contribution in [0.2, 0.25) is 10.3 Å². The molecule has 1 aliphatic rings. The Morgan fingerprint density at radius 3 is 2.47 bits per heavy atom. The molecule has 1 aromatic heterocycles. The third kappa shape index (κ3) is 2.89. The zero-order valence-corrected chi connectivity index (χ0v) is 10.6. The van der Waals surface area contributed by atoms with Gasteiger partial charge >= 0.3 is 5.97 Å². The molecule has 0 amide bonds.